The number of thiazole rings is 1. The first-order valence-corrected chi connectivity index (χ1v) is 15.5. The van der Waals surface area contributed by atoms with Crippen LogP contribution in [0.5, 0.6) is 0 Å². The third-order valence-corrected chi connectivity index (χ3v) is 7.79. The minimum Gasteiger partial charge on any atom is -0.450 e. The van der Waals surface area contributed by atoms with Gasteiger partial charge in [-0.2, -0.15) is 0 Å². The van der Waals surface area contributed by atoms with E-state index in [0.717, 1.165) is 22.5 Å². The van der Waals surface area contributed by atoms with Crippen molar-refractivity contribution >= 4 is 46.1 Å². The molecule has 1 saturated carbocycles. The van der Waals surface area contributed by atoms with E-state index in [4.69, 9.17) is 19.8 Å². The molecule has 47 heavy (non-hydrogen) atoms. The molecule has 2 fully saturated rings. The zero-order valence-corrected chi connectivity index (χ0v) is 26.5. The molecule has 1 aliphatic carbocycles. The minimum atomic E-state index is -1.46. The second-order valence-electron chi connectivity index (χ2n) is 11.8. The smallest absolute Gasteiger partial charge is 0.413 e. The number of β-lactam (4-membered cyclic amide) rings is 1. The number of hydrogen-bond donors (Lipinski definition) is 3. The van der Waals surface area contributed by atoms with Crippen molar-refractivity contribution in [2.24, 2.45) is 10.3 Å². The standard InChI is InChI=1S/C31H32N8O7S/c1-30(2,3)45-29(43)37-28-35-21(17-47-28)23(26(41)36-22-20(16-33-39-32)34-25(22)40)38-46-31(14-15-31)27(42)44-24(18-10-6-4-7-11-18)19-12-8-5-9-13-19/h4-13,17,20,22,24H,14-16H2,1-3H3,(H,34,40)(H,36,41)(H,35,37,43)/b38-23-/t20-,22+/m1/s1. The van der Waals surface area contributed by atoms with Gasteiger partial charge < -0.3 is 24.9 Å². The summed E-state index contributed by atoms with van der Waals surface area (Å²) in [6, 6.07) is 16.8. The quantitative estimate of drug-likeness (QED) is 0.0482. The highest BCUT2D eigenvalue weighted by molar-refractivity contribution is 7.14. The van der Waals surface area contributed by atoms with Crippen molar-refractivity contribution in [1.29, 1.82) is 0 Å². The number of aromatic nitrogens is 1. The van der Waals surface area contributed by atoms with Gasteiger partial charge in [0.05, 0.1) is 6.04 Å². The highest BCUT2D eigenvalue weighted by Crippen LogP contribution is 2.43. The zero-order valence-electron chi connectivity index (χ0n) is 25.7. The van der Waals surface area contributed by atoms with E-state index >= 15 is 0 Å². The van der Waals surface area contributed by atoms with Crippen LogP contribution in [0, 0.1) is 0 Å². The number of amides is 3. The number of benzene rings is 2. The Morgan fingerprint density at radius 1 is 1.11 bits per heavy atom. The third kappa shape index (κ3) is 8.23. The topological polar surface area (TPSA) is 206 Å². The Morgan fingerprint density at radius 2 is 1.74 bits per heavy atom. The average molecular weight is 661 g/mol. The van der Waals surface area contributed by atoms with E-state index in [1.54, 1.807) is 20.8 Å². The Morgan fingerprint density at radius 3 is 2.30 bits per heavy atom. The van der Waals surface area contributed by atoms with Crippen molar-refractivity contribution in [2.45, 2.75) is 63.0 Å². The minimum absolute atomic E-state index is 0.000464. The number of rotatable bonds is 12. The maximum absolute atomic E-state index is 13.6. The molecule has 1 aromatic heterocycles. The summed E-state index contributed by atoms with van der Waals surface area (Å²) in [5.74, 6) is -2.00. The van der Waals surface area contributed by atoms with Crippen LogP contribution in [0.1, 0.15) is 56.5 Å². The van der Waals surface area contributed by atoms with E-state index in [0.29, 0.717) is 0 Å². The third-order valence-electron chi connectivity index (χ3n) is 7.03. The van der Waals surface area contributed by atoms with Gasteiger partial charge >= 0.3 is 12.1 Å². The molecule has 0 radical (unpaired) electrons. The van der Waals surface area contributed by atoms with Gasteiger partial charge in [-0.25, -0.2) is 14.6 Å². The lowest BCUT2D eigenvalue weighted by Crippen LogP contribution is -2.70. The Labute approximate surface area is 273 Å². The van der Waals surface area contributed by atoms with E-state index in [-0.39, 0.29) is 35.9 Å². The number of azide groups is 1. The SMILES string of the molecule is CC(C)(C)OC(=O)Nc1nc(/C(=N/OC2(C(=O)OC(c3ccccc3)c3ccccc3)CC2)C(=O)N[C@@H]2C(=O)N[C@@H]2CN=[N+]=[N-])cs1. The van der Waals surface area contributed by atoms with Gasteiger partial charge in [0, 0.05) is 29.7 Å². The fourth-order valence-corrected chi connectivity index (χ4v) is 5.19. The summed E-state index contributed by atoms with van der Waals surface area (Å²) in [5.41, 5.74) is 7.59. The first kappa shape index (κ1) is 32.9. The van der Waals surface area contributed by atoms with Crippen LogP contribution in [0.25, 0.3) is 10.4 Å². The van der Waals surface area contributed by atoms with Gasteiger partial charge in [-0.1, -0.05) is 70.9 Å². The highest BCUT2D eigenvalue weighted by atomic mass is 32.1. The van der Waals surface area contributed by atoms with Crippen LogP contribution in [-0.4, -0.2) is 64.4 Å². The van der Waals surface area contributed by atoms with E-state index in [1.165, 1.54) is 5.38 Å². The number of esters is 1. The molecule has 3 N–H and O–H groups in total. The van der Waals surface area contributed by atoms with Crippen molar-refractivity contribution < 1.29 is 33.5 Å². The molecular weight excluding hydrogens is 628 g/mol. The van der Waals surface area contributed by atoms with E-state index in [9.17, 15) is 19.2 Å². The molecule has 1 saturated heterocycles. The van der Waals surface area contributed by atoms with Crippen LogP contribution in [0.4, 0.5) is 9.93 Å². The van der Waals surface area contributed by atoms with E-state index < -0.39 is 53.3 Å². The second kappa shape index (κ2) is 13.9. The van der Waals surface area contributed by atoms with E-state index in [1.807, 2.05) is 60.7 Å². The lowest BCUT2D eigenvalue weighted by Gasteiger charge is -2.36. The van der Waals surface area contributed by atoms with Gasteiger partial charge in [-0.3, -0.25) is 14.9 Å². The fourth-order valence-electron chi connectivity index (χ4n) is 4.51. The molecule has 0 spiro atoms. The molecule has 15 nitrogen and oxygen atoms in total. The number of carbonyl (C=O) groups is 4. The summed E-state index contributed by atoms with van der Waals surface area (Å²) in [6.07, 6.45) is -0.913. The van der Waals surface area contributed by atoms with Gasteiger partial charge in [0.25, 0.3) is 5.91 Å². The largest absolute Gasteiger partial charge is 0.450 e. The molecule has 3 aromatic rings. The molecule has 0 bridgehead atoms. The Balaban J connectivity index is 1.38. The molecule has 2 aromatic carbocycles. The number of oxime groups is 1. The first-order chi connectivity index (χ1) is 22.5. The zero-order chi connectivity index (χ0) is 33.6. The van der Waals surface area contributed by atoms with Gasteiger partial charge in [-0.05, 0) is 37.4 Å². The highest BCUT2D eigenvalue weighted by Gasteiger charge is 2.56. The lowest BCUT2D eigenvalue weighted by atomic mass is 9.99. The summed E-state index contributed by atoms with van der Waals surface area (Å²) in [6.45, 7) is 5.03. The molecular formula is C31H32N8O7S. The summed E-state index contributed by atoms with van der Waals surface area (Å²) >= 11 is 0.994. The summed E-state index contributed by atoms with van der Waals surface area (Å²) < 4.78 is 11.3. The summed E-state index contributed by atoms with van der Waals surface area (Å²) in [5, 5.41) is 16.7. The van der Waals surface area contributed by atoms with Crippen molar-refractivity contribution in [3.05, 3.63) is 93.3 Å². The number of nitrogens with zero attached hydrogens (tertiary/aromatic N) is 5. The lowest BCUT2D eigenvalue weighted by molar-refractivity contribution is -0.164. The molecule has 244 valence electrons. The fraction of sp³-hybridized carbons (Fsp3) is 0.355. The Bertz CT molecular complexity index is 1670. The van der Waals surface area contributed by atoms with E-state index in [2.05, 4.69) is 36.1 Å². The first-order valence-electron chi connectivity index (χ1n) is 14.6. The molecule has 5 rings (SSSR count). The van der Waals surface area contributed by atoms with Crippen LogP contribution < -0.4 is 16.0 Å². The molecule has 1 aliphatic heterocycles. The van der Waals surface area contributed by atoms with Crippen molar-refractivity contribution in [1.82, 2.24) is 15.6 Å². The second-order valence-corrected chi connectivity index (χ2v) is 12.6. The summed E-state index contributed by atoms with van der Waals surface area (Å²) in [7, 11) is 0. The van der Waals surface area contributed by atoms with Crippen LogP contribution in [0.3, 0.4) is 0 Å². The predicted octanol–water partition coefficient (Wildman–Crippen LogP) is 4.37. The normalized spacial score (nSPS) is 18.1. The predicted molar refractivity (Wildman–Crippen MR) is 170 cm³/mol. The number of nitrogens with one attached hydrogen (secondary N) is 3. The van der Waals surface area contributed by atoms with Gasteiger partial charge in [-0.15, -0.1) is 11.3 Å². The van der Waals surface area contributed by atoms with Gasteiger partial charge in [0.15, 0.2) is 16.9 Å². The number of ether oxygens (including phenoxy) is 2. The molecule has 0 unspecified atom stereocenters. The van der Waals surface area contributed by atoms with Crippen molar-refractivity contribution in [2.75, 3.05) is 11.9 Å². The molecule has 2 heterocycles. The van der Waals surface area contributed by atoms with Crippen LogP contribution in [0.2, 0.25) is 0 Å². The molecule has 2 aliphatic rings. The maximum Gasteiger partial charge on any atom is 0.413 e. The number of carbonyl (C=O) groups excluding carboxylic acids is 4. The van der Waals surface area contributed by atoms with Crippen LogP contribution >= 0.6 is 11.3 Å². The average Bonchev–Trinajstić information content (AvgIpc) is 3.71. The summed E-state index contributed by atoms with van der Waals surface area (Å²) in [4.78, 5) is 64.3. The Kier molecular flexibility index (Phi) is 9.72. The maximum atomic E-state index is 13.6. The van der Waals surface area contributed by atoms with Crippen molar-refractivity contribution in [3.63, 3.8) is 0 Å². The van der Waals surface area contributed by atoms with Crippen LogP contribution in [-0.2, 0) is 28.7 Å². The number of hydrogen-bond acceptors (Lipinski definition) is 11. The number of anilines is 1. The molecule has 3 amide bonds. The molecule has 2 atom stereocenters. The van der Waals surface area contributed by atoms with Crippen LogP contribution in [0.15, 0.2) is 76.3 Å². The Hall–Kier alpha value is -5.47. The van der Waals surface area contributed by atoms with Crippen molar-refractivity contribution in [3.8, 4) is 0 Å². The monoisotopic (exact) mass is 660 g/mol. The van der Waals surface area contributed by atoms with Gasteiger partial charge in [0.1, 0.15) is 17.3 Å². The van der Waals surface area contributed by atoms with Gasteiger partial charge in [0.2, 0.25) is 11.5 Å². The molecule has 16 heteroatoms.